The van der Waals surface area contributed by atoms with Crippen LogP contribution in [0.1, 0.15) is 46.0 Å². The minimum atomic E-state index is -0.260. The lowest BCUT2D eigenvalue weighted by Gasteiger charge is -1.97. The van der Waals surface area contributed by atoms with Crippen molar-refractivity contribution in [1.82, 2.24) is 0 Å². The molecule has 0 aliphatic heterocycles. The van der Waals surface area contributed by atoms with E-state index in [0.717, 1.165) is 32.1 Å². The Morgan fingerprint density at radius 1 is 0.933 bits per heavy atom. The van der Waals surface area contributed by atoms with E-state index in [1.165, 1.54) is 0 Å². The van der Waals surface area contributed by atoms with E-state index in [1.54, 1.807) is 0 Å². The lowest BCUT2D eigenvalue weighted by molar-refractivity contribution is 0.219. The molecule has 0 fully saturated rings. The minimum Gasteiger partial charge on any atom is -0.389 e. The molecule has 1 heteroatoms. The molecule has 0 radical (unpaired) electrons. The fourth-order valence-electron chi connectivity index (χ4n) is 1.18. The molecule has 0 aromatic rings. The summed E-state index contributed by atoms with van der Waals surface area (Å²) in [5.74, 6) is 0. The quantitative estimate of drug-likeness (QED) is 0.472. The van der Waals surface area contributed by atoms with Crippen molar-refractivity contribution in [2.24, 2.45) is 0 Å². The topological polar surface area (TPSA) is 20.2 Å². The van der Waals surface area contributed by atoms with Crippen LogP contribution in [0.25, 0.3) is 0 Å². The summed E-state index contributed by atoms with van der Waals surface area (Å²) in [4.78, 5) is 0. The van der Waals surface area contributed by atoms with Gasteiger partial charge in [-0.25, -0.2) is 0 Å². The van der Waals surface area contributed by atoms with Crippen LogP contribution in [-0.4, -0.2) is 11.2 Å². The number of allylic oxidation sites excluding steroid dienone is 5. The Labute approximate surface area is 94.2 Å². The van der Waals surface area contributed by atoms with Crippen LogP contribution >= 0.6 is 0 Å². The maximum absolute atomic E-state index is 9.25. The first-order valence-electron chi connectivity index (χ1n) is 5.92. The Kier molecular flexibility index (Phi) is 10.6. The smallest absolute Gasteiger partial charge is 0.0718 e. The van der Waals surface area contributed by atoms with Crippen molar-refractivity contribution in [3.63, 3.8) is 0 Å². The van der Waals surface area contributed by atoms with E-state index >= 15 is 0 Å². The molecule has 15 heavy (non-hydrogen) atoms. The van der Waals surface area contributed by atoms with Crippen molar-refractivity contribution < 1.29 is 5.11 Å². The number of aliphatic hydroxyl groups is 1. The molecule has 0 amide bonds. The van der Waals surface area contributed by atoms with E-state index in [1.807, 2.05) is 19.9 Å². The second-order valence-electron chi connectivity index (χ2n) is 3.60. The zero-order valence-electron chi connectivity index (χ0n) is 10.0. The fraction of sp³-hybridized carbons (Fsp3) is 0.571. The maximum atomic E-state index is 9.25. The molecule has 0 saturated heterocycles. The molecule has 0 aliphatic carbocycles. The van der Waals surface area contributed by atoms with Crippen molar-refractivity contribution in [3.05, 3.63) is 36.5 Å². The summed E-state index contributed by atoms with van der Waals surface area (Å²) in [5.41, 5.74) is 0. The summed E-state index contributed by atoms with van der Waals surface area (Å²) in [6.45, 7) is 4.03. The minimum absolute atomic E-state index is 0.260. The van der Waals surface area contributed by atoms with Crippen LogP contribution < -0.4 is 0 Å². The summed E-state index contributed by atoms with van der Waals surface area (Å²) in [7, 11) is 0. The van der Waals surface area contributed by atoms with Gasteiger partial charge in [-0.05, 0) is 39.0 Å². The molecule has 1 N–H and O–H groups in total. The molecule has 0 aliphatic rings. The van der Waals surface area contributed by atoms with Crippen molar-refractivity contribution in [2.45, 2.75) is 52.1 Å². The molecule has 0 aromatic heterocycles. The number of hydrogen-bond donors (Lipinski definition) is 1. The Balaban J connectivity index is 3.33. The van der Waals surface area contributed by atoms with Crippen molar-refractivity contribution in [3.8, 4) is 0 Å². The molecule has 0 spiro atoms. The molecule has 0 saturated carbocycles. The molecule has 0 bridgehead atoms. The highest BCUT2D eigenvalue weighted by Gasteiger charge is 1.90. The summed E-state index contributed by atoms with van der Waals surface area (Å²) >= 11 is 0. The van der Waals surface area contributed by atoms with E-state index in [-0.39, 0.29) is 6.10 Å². The standard InChI is InChI=1S/C14H24O/c1-3-5-6-7-8-9-10-11-12-13-14(15)4-2/h3,5,8-9,12-15H,4,6-7,10-11H2,1-2H3. The van der Waals surface area contributed by atoms with Gasteiger partial charge in [0.1, 0.15) is 0 Å². The Morgan fingerprint density at radius 3 is 2.00 bits per heavy atom. The second kappa shape index (κ2) is 11.3. The van der Waals surface area contributed by atoms with Gasteiger partial charge >= 0.3 is 0 Å². The first-order valence-corrected chi connectivity index (χ1v) is 5.92. The molecule has 0 rings (SSSR count). The van der Waals surface area contributed by atoms with Crippen LogP contribution in [0.15, 0.2) is 36.5 Å². The normalized spacial score (nSPS) is 14.6. The molecular weight excluding hydrogens is 184 g/mol. The zero-order chi connectivity index (χ0) is 11.4. The van der Waals surface area contributed by atoms with Crippen LogP contribution in [0.3, 0.4) is 0 Å². The third-order valence-corrected chi connectivity index (χ3v) is 2.18. The van der Waals surface area contributed by atoms with E-state index in [4.69, 9.17) is 0 Å². The van der Waals surface area contributed by atoms with Gasteiger partial charge in [0, 0.05) is 0 Å². The van der Waals surface area contributed by atoms with Crippen LogP contribution in [0.2, 0.25) is 0 Å². The van der Waals surface area contributed by atoms with Gasteiger partial charge in [0.25, 0.3) is 0 Å². The van der Waals surface area contributed by atoms with Gasteiger partial charge in [-0.1, -0.05) is 43.4 Å². The van der Waals surface area contributed by atoms with Crippen molar-refractivity contribution >= 4 is 0 Å². The highest BCUT2D eigenvalue weighted by molar-refractivity contribution is 4.92. The molecule has 1 nitrogen and oxygen atoms in total. The van der Waals surface area contributed by atoms with Gasteiger partial charge in [0.05, 0.1) is 6.10 Å². The Morgan fingerprint density at radius 2 is 1.47 bits per heavy atom. The van der Waals surface area contributed by atoms with Gasteiger partial charge in [-0.15, -0.1) is 0 Å². The van der Waals surface area contributed by atoms with Crippen LogP contribution in [-0.2, 0) is 0 Å². The summed E-state index contributed by atoms with van der Waals surface area (Å²) in [6.07, 6.45) is 17.6. The zero-order valence-corrected chi connectivity index (χ0v) is 10.0. The van der Waals surface area contributed by atoms with Crippen LogP contribution in [0.4, 0.5) is 0 Å². The van der Waals surface area contributed by atoms with Gasteiger partial charge in [-0.2, -0.15) is 0 Å². The Hall–Kier alpha value is -0.820. The molecule has 0 aromatic carbocycles. The fourth-order valence-corrected chi connectivity index (χ4v) is 1.18. The maximum Gasteiger partial charge on any atom is 0.0718 e. The van der Waals surface area contributed by atoms with Gasteiger partial charge in [0.15, 0.2) is 0 Å². The molecule has 0 heterocycles. The van der Waals surface area contributed by atoms with Crippen molar-refractivity contribution in [2.75, 3.05) is 0 Å². The highest BCUT2D eigenvalue weighted by Crippen LogP contribution is 1.99. The van der Waals surface area contributed by atoms with E-state index < -0.39 is 0 Å². The average molecular weight is 208 g/mol. The largest absolute Gasteiger partial charge is 0.389 e. The summed E-state index contributed by atoms with van der Waals surface area (Å²) in [6, 6.07) is 0. The molecule has 86 valence electrons. The first-order chi connectivity index (χ1) is 7.31. The first kappa shape index (κ1) is 14.2. The molecule has 1 atom stereocenters. The highest BCUT2D eigenvalue weighted by atomic mass is 16.3. The SMILES string of the molecule is CC=CCCC=CCCC=CC(O)CC. The number of aliphatic hydroxyl groups excluding tert-OH is 1. The lowest BCUT2D eigenvalue weighted by Crippen LogP contribution is -1.97. The summed E-state index contributed by atoms with van der Waals surface area (Å²) < 4.78 is 0. The number of hydrogen-bond acceptors (Lipinski definition) is 1. The third-order valence-electron chi connectivity index (χ3n) is 2.18. The molecular formula is C14H24O. The number of unbranched alkanes of at least 4 members (excludes halogenated alkanes) is 2. The Bertz CT molecular complexity index is 201. The van der Waals surface area contributed by atoms with E-state index in [9.17, 15) is 5.11 Å². The predicted octanol–water partition coefficient (Wildman–Crippen LogP) is 4.01. The molecule has 1 unspecified atom stereocenters. The third kappa shape index (κ3) is 11.1. The van der Waals surface area contributed by atoms with Crippen LogP contribution in [0.5, 0.6) is 0 Å². The van der Waals surface area contributed by atoms with Gasteiger partial charge < -0.3 is 5.11 Å². The number of rotatable bonds is 8. The van der Waals surface area contributed by atoms with Crippen molar-refractivity contribution in [1.29, 1.82) is 0 Å². The average Bonchev–Trinajstić information content (AvgIpc) is 2.26. The lowest BCUT2D eigenvalue weighted by atomic mass is 10.2. The van der Waals surface area contributed by atoms with E-state index in [0.29, 0.717) is 0 Å². The predicted molar refractivity (Wildman–Crippen MR) is 67.9 cm³/mol. The van der Waals surface area contributed by atoms with E-state index in [2.05, 4.69) is 30.4 Å². The van der Waals surface area contributed by atoms with Gasteiger partial charge in [-0.3, -0.25) is 0 Å². The monoisotopic (exact) mass is 208 g/mol. The van der Waals surface area contributed by atoms with Crippen LogP contribution in [0, 0.1) is 0 Å². The van der Waals surface area contributed by atoms with Gasteiger partial charge in [0.2, 0.25) is 0 Å². The second-order valence-corrected chi connectivity index (χ2v) is 3.60. The summed E-state index contributed by atoms with van der Waals surface area (Å²) in [5, 5.41) is 9.25.